The van der Waals surface area contributed by atoms with E-state index in [-0.39, 0.29) is 11.8 Å². The Kier molecular flexibility index (Phi) is 4.58. The topological polar surface area (TPSA) is 66.5 Å². The highest BCUT2D eigenvalue weighted by Gasteiger charge is 2.41. The summed E-state index contributed by atoms with van der Waals surface area (Å²) >= 11 is 0. The molecule has 2 saturated carbocycles. The van der Waals surface area contributed by atoms with Gasteiger partial charge in [-0.1, -0.05) is 24.6 Å². The first-order valence-electron chi connectivity index (χ1n) is 9.39. The molecule has 5 nitrogen and oxygen atoms in total. The van der Waals surface area contributed by atoms with Crippen molar-refractivity contribution in [2.45, 2.75) is 49.5 Å². The van der Waals surface area contributed by atoms with Crippen LogP contribution in [0.1, 0.15) is 38.5 Å². The number of hydrogen-bond donors (Lipinski definition) is 1. The van der Waals surface area contributed by atoms with Crippen LogP contribution in [0.15, 0.2) is 35.2 Å². The number of amides is 1. The van der Waals surface area contributed by atoms with E-state index in [1.807, 2.05) is 0 Å². The van der Waals surface area contributed by atoms with Crippen molar-refractivity contribution in [2.24, 2.45) is 17.8 Å². The van der Waals surface area contributed by atoms with Gasteiger partial charge in [-0.2, -0.15) is 4.31 Å². The Morgan fingerprint density at radius 2 is 1.88 bits per heavy atom. The molecule has 1 saturated heterocycles. The quantitative estimate of drug-likeness (QED) is 0.894. The maximum Gasteiger partial charge on any atom is 0.243 e. The minimum atomic E-state index is -3.51. The van der Waals surface area contributed by atoms with Crippen LogP contribution in [0.2, 0.25) is 0 Å². The normalized spacial score (nSPS) is 32.6. The van der Waals surface area contributed by atoms with Gasteiger partial charge in [-0.25, -0.2) is 8.42 Å². The number of nitrogens with one attached hydrogen (secondary N) is 1. The molecule has 1 aromatic rings. The minimum absolute atomic E-state index is 0.0468. The van der Waals surface area contributed by atoms with E-state index in [0.29, 0.717) is 29.9 Å². The molecule has 1 aliphatic heterocycles. The van der Waals surface area contributed by atoms with Crippen LogP contribution >= 0.6 is 0 Å². The molecule has 6 heteroatoms. The molecular weight excluding hydrogens is 336 g/mol. The molecule has 136 valence electrons. The fraction of sp³-hybridized carbons (Fsp3) is 0.632. The molecule has 1 amide bonds. The summed E-state index contributed by atoms with van der Waals surface area (Å²) in [7, 11) is -3.51. The third-order valence-corrected chi connectivity index (χ3v) is 8.08. The number of hydrogen-bond acceptors (Lipinski definition) is 3. The van der Waals surface area contributed by atoms with Crippen LogP contribution in [0.5, 0.6) is 0 Å². The Hall–Kier alpha value is -1.40. The first kappa shape index (κ1) is 17.0. The number of piperidine rings is 1. The summed E-state index contributed by atoms with van der Waals surface area (Å²) in [5, 5.41) is 3.23. The van der Waals surface area contributed by atoms with Gasteiger partial charge < -0.3 is 5.32 Å². The first-order valence-corrected chi connectivity index (χ1v) is 10.8. The lowest BCUT2D eigenvalue weighted by Crippen LogP contribution is -2.48. The Balaban J connectivity index is 1.41. The number of sulfonamides is 1. The Morgan fingerprint density at radius 3 is 2.56 bits per heavy atom. The molecule has 1 heterocycles. The number of carbonyl (C=O) groups excluding carboxylic acids is 1. The van der Waals surface area contributed by atoms with Crippen molar-refractivity contribution >= 4 is 15.9 Å². The van der Waals surface area contributed by atoms with E-state index in [4.69, 9.17) is 0 Å². The van der Waals surface area contributed by atoms with Gasteiger partial charge in [0.25, 0.3) is 0 Å². The minimum Gasteiger partial charge on any atom is -0.353 e. The molecule has 3 aliphatic rings. The number of carbonyl (C=O) groups is 1. The molecule has 0 radical (unpaired) electrons. The third kappa shape index (κ3) is 3.34. The van der Waals surface area contributed by atoms with E-state index in [1.165, 1.54) is 23.6 Å². The summed E-state index contributed by atoms with van der Waals surface area (Å²) in [6, 6.07) is 8.82. The molecule has 0 aromatic heterocycles. The lowest BCUT2D eigenvalue weighted by atomic mass is 9.93. The van der Waals surface area contributed by atoms with Crippen LogP contribution in [0.3, 0.4) is 0 Å². The highest BCUT2D eigenvalue weighted by Crippen LogP contribution is 2.44. The number of benzene rings is 1. The second kappa shape index (κ2) is 6.72. The van der Waals surface area contributed by atoms with Gasteiger partial charge in [-0.05, 0) is 56.1 Å². The van der Waals surface area contributed by atoms with E-state index in [1.54, 1.807) is 30.3 Å². The number of rotatable bonds is 4. The zero-order valence-corrected chi connectivity index (χ0v) is 15.2. The van der Waals surface area contributed by atoms with Crippen LogP contribution in [-0.2, 0) is 14.8 Å². The molecule has 3 fully saturated rings. The second-order valence-electron chi connectivity index (χ2n) is 7.81. The highest BCUT2D eigenvalue weighted by atomic mass is 32.2. The lowest BCUT2D eigenvalue weighted by molar-refractivity contribution is -0.127. The Bertz CT molecular complexity index is 734. The van der Waals surface area contributed by atoms with Crippen LogP contribution < -0.4 is 5.32 Å². The van der Waals surface area contributed by atoms with Gasteiger partial charge in [-0.3, -0.25) is 4.79 Å². The maximum absolute atomic E-state index is 12.8. The van der Waals surface area contributed by atoms with Crippen LogP contribution in [0.25, 0.3) is 0 Å². The Morgan fingerprint density at radius 1 is 1.08 bits per heavy atom. The van der Waals surface area contributed by atoms with Crippen LogP contribution in [0, 0.1) is 17.8 Å². The van der Waals surface area contributed by atoms with Crippen LogP contribution in [0.4, 0.5) is 0 Å². The summed E-state index contributed by atoms with van der Waals surface area (Å²) in [4.78, 5) is 13.0. The molecule has 4 atom stereocenters. The third-order valence-electron chi connectivity index (χ3n) is 6.20. The summed E-state index contributed by atoms with van der Waals surface area (Å²) < 4.78 is 27.1. The predicted octanol–water partition coefficient (Wildman–Crippen LogP) is 2.39. The van der Waals surface area contributed by atoms with Crippen LogP contribution in [-0.4, -0.2) is 37.8 Å². The molecule has 0 unspecified atom stereocenters. The van der Waals surface area contributed by atoms with Gasteiger partial charge >= 0.3 is 0 Å². The van der Waals surface area contributed by atoms with Gasteiger partial charge in [0.1, 0.15) is 0 Å². The Labute approximate surface area is 149 Å². The largest absolute Gasteiger partial charge is 0.353 e. The van der Waals surface area contributed by atoms with Crippen molar-refractivity contribution in [1.82, 2.24) is 9.62 Å². The molecule has 2 aliphatic carbocycles. The van der Waals surface area contributed by atoms with Crippen molar-refractivity contribution in [1.29, 1.82) is 0 Å². The molecule has 25 heavy (non-hydrogen) atoms. The fourth-order valence-electron chi connectivity index (χ4n) is 4.84. The van der Waals surface area contributed by atoms with Crippen molar-refractivity contribution < 1.29 is 13.2 Å². The smallest absolute Gasteiger partial charge is 0.243 e. The summed E-state index contributed by atoms with van der Waals surface area (Å²) in [6.45, 7) is 0.791. The van der Waals surface area contributed by atoms with E-state index in [0.717, 1.165) is 25.2 Å². The van der Waals surface area contributed by atoms with E-state index < -0.39 is 10.0 Å². The van der Waals surface area contributed by atoms with Gasteiger partial charge in [0.2, 0.25) is 15.9 Å². The number of fused-ring (bicyclic) bond motifs is 2. The van der Waals surface area contributed by atoms with Crippen molar-refractivity contribution in [2.75, 3.05) is 13.1 Å². The van der Waals surface area contributed by atoms with Crippen molar-refractivity contribution in [3.05, 3.63) is 30.3 Å². The molecule has 2 bridgehead atoms. The summed E-state index contributed by atoms with van der Waals surface area (Å²) in [5.41, 5.74) is 0. The van der Waals surface area contributed by atoms with Gasteiger partial charge in [-0.15, -0.1) is 0 Å². The SMILES string of the molecule is O=C(N[C@@H]1C[C@@H]2CC[C@@H]1C2)[C@@H]1CCCN(S(=O)(=O)c2ccccc2)C1. The average Bonchev–Trinajstić information content (AvgIpc) is 3.25. The summed E-state index contributed by atoms with van der Waals surface area (Å²) in [5.74, 6) is 1.25. The van der Waals surface area contributed by atoms with Gasteiger partial charge in [0.15, 0.2) is 0 Å². The van der Waals surface area contributed by atoms with E-state index in [9.17, 15) is 13.2 Å². The van der Waals surface area contributed by atoms with Gasteiger partial charge in [0.05, 0.1) is 10.8 Å². The van der Waals surface area contributed by atoms with E-state index >= 15 is 0 Å². The molecule has 1 N–H and O–H groups in total. The summed E-state index contributed by atoms with van der Waals surface area (Å²) in [6.07, 6.45) is 6.41. The molecule has 4 rings (SSSR count). The number of nitrogens with zero attached hydrogens (tertiary/aromatic N) is 1. The molecule has 0 spiro atoms. The van der Waals surface area contributed by atoms with Crippen molar-refractivity contribution in [3.8, 4) is 0 Å². The lowest BCUT2D eigenvalue weighted by Gasteiger charge is -2.32. The zero-order valence-electron chi connectivity index (χ0n) is 14.4. The molecule has 1 aromatic carbocycles. The van der Waals surface area contributed by atoms with Crippen molar-refractivity contribution in [3.63, 3.8) is 0 Å². The van der Waals surface area contributed by atoms with E-state index in [2.05, 4.69) is 5.32 Å². The first-order chi connectivity index (χ1) is 12.0. The predicted molar refractivity (Wildman–Crippen MR) is 95.3 cm³/mol. The zero-order chi connectivity index (χ0) is 17.4. The van der Waals surface area contributed by atoms with Gasteiger partial charge in [0, 0.05) is 19.1 Å². The second-order valence-corrected chi connectivity index (χ2v) is 9.74. The average molecular weight is 362 g/mol. The standard InChI is InChI=1S/C19H26N2O3S/c22-19(20-18-12-14-8-9-15(18)11-14)16-5-4-10-21(13-16)25(23,24)17-6-2-1-3-7-17/h1-3,6-7,14-16,18H,4-5,8-13H2,(H,20,22)/t14-,15-,16-,18-/m1/s1. The molecular formula is C19H26N2O3S. The highest BCUT2D eigenvalue weighted by molar-refractivity contribution is 7.89. The monoisotopic (exact) mass is 362 g/mol. The fourth-order valence-corrected chi connectivity index (χ4v) is 6.38. The maximum atomic E-state index is 12.8.